The lowest BCUT2D eigenvalue weighted by Crippen LogP contribution is -2.26. The molecule has 0 nitrogen and oxygen atoms in total. The summed E-state index contributed by atoms with van der Waals surface area (Å²) in [6.07, 6.45) is 0. The third kappa shape index (κ3) is 4.99. The van der Waals surface area contributed by atoms with Gasteiger partial charge in [0, 0.05) is 0 Å². The summed E-state index contributed by atoms with van der Waals surface area (Å²) in [6.45, 7) is 14.0. The highest BCUT2D eigenvalue weighted by molar-refractivity contribution is 6.28. The number of benzene rings is 13. The molecule has 0 atom stereocenters. The zero-order valence-electron chi connectivity index (χ0n) is 40.0. The minimum Gasteiger partial charge on any atom is -0.0619 e. The second-order valence-electron chi connectivity index (χ2n) is 22.3. The molecule has 0 bridgehead atoms. The molecular weight excluding hydrogens is 829 g/mol. The van der Waals surface area contributed by atoms with Crippen LogP contribution < -0.4 is 0 Å². The van der Waals surface area contributed by atoms with Gasteiger partial charge in [-0.05, 0) is 176 Å². The Morgan fingerprint density at radius 3 is 1.46 bits per heavy atom. The fraction of sp³-hybridized carbons (Fsp3) is 0.130. The van der Waals surface area contributed by atoms with E-state index < -0.39 is 5.41 Å². The van der Waals surface area contributed by atoms with E-state index in [1.807, 2.05) is 0 Å². The molecule has 0 saturated carbocycles. The second-order valence-corrected chi connectivity index (χ2v) is 22.3. The van der Waals surface area contributed by atoms with Crippen LogP contribution in [0.4, 0.5) is 0 Å². The van der Waals surface area contributed by atoms with Crippen LogP contribution in [-0.4, -0.2) is 0 Å². The third-order valence-corrected chi connectivity index (χ3v) is 16.6. The maximum atomic E-state index is 2.57. The molecule has 0 heteroatoms. The van der Waals surface area contributed by atoms with Crippen molar-refractivity contribution in [3.05, 3.63) is 228 Å². The fourth-order valence-corrected chi connectivity index (χ4v) is 13.8. The summed E-state index contributed by atoms with van der Waals surface area (Å²) in [5.41, 5.74) is 18.2. The fourth-order valence-electron chi connectivity index (χ4n) is 13.8. The molecule has 2 aliphatic carbocycles. The Morgan fingerprint density at radius 1 is 0.275 bits per heavy atom. The smallest absolute Gasteiger partial charge is 0.0619 e. The average Bonchev–Trinajstić information content (AvgIpc) is 3.83. The van der Waals surface area contributed by atoms with Gasteiger partial charge in [-0.2, -0.15) is 0 Å². The molecule has 2 aliphatic rings. The molecule has 0 fully saturated rings. The van der Waals surface area contributed by atoms with Gasteiger partial charge in [0.15, 0.2) is 0 Å². The molecule has 0 saturated heterocycles. The van der Waals surface area contributed by atoms with Crippen LogP contribution >= 0.6 is 0 Å². The minimum absolute atomic E-state index is 0.0208. The molecule has 69 heavy (non-hydrogen) atoms. The maximum absolute atomic E-state index is 2.57. The first-order valence-electron chi connectivity index (χ1n) is 24.8. The predicted octanol–water partition coefficient (Wildman–Crippen LogP) is 18.9. The lowest BCUT2D eigenvalue weighted by Gasteiger charge is -2.32. The van der Waals surface area contributed by atoms with Gasteiger partial charge < -0.3 is 0 Å². The molecule has 15 rings (SSSR count). The van der Waals surface area contributed by atoms with Gasteiger partial charge in [-0.25, -0.2) is 0 Å². The lowest BCUT2D eigenvalue weighted by molar-refractivity contribution is 0.596. The van der Waals surface area contributed by atoms with Crippen LogP contribution in [-0.2, 0) is 16.2 Å². The molecule has 0 heterocycles. The molecule has 0 N–H and O–H groups in total. The Hall–Kier alpha value is -7.80. The van der Waals surface area contributed by atoms with Gasteiger partial charge in [0.1, 0.15) is 0 Å². The Morgan fingerprint density at radius 2 is 0.739 bits per heavy atom. The average molecular weight is 879 g/mol. The van der Waals surface area contributed by atoms with Crippen molar-refractivity contribution in [2.24, 2.45) is 0 Å². The van der Waals surface area contributed by atoms with Gasteiger partial charge in [0.25, 0.3) is 0 Å². The highest BCUT2D eigenvalue weighted by atomic mass is 14.5. The second kappa shape index (κ2) is 13.2. The standard InChI is InChI=1S/C69H50/c1-67(2,3)57-36-27-41-23-31-51-44(28-21-40-24-33-56(57)64(41)62(40)51)42-25-30-50-54-35-34-47-45(46-29-26-43-38-60(68(4,5)6)55-18-11-13-39-22-32-52(46)65(43)63(39)55)16-12-17-53(47)66(54)69(61(50)37-42)58-19-9-7-14-48(58)49-15-8-10-20-59(49)69/h7-38H,1-6H3. The summed E-state index contributed by atoms with van der Waals surface area (Å²) in [6, 6.07) is 75.5. The van der Waals surface area contributed by atoms with Crippen LogP contribution in [0.15, 0.2) is 194 Å². The summed E-state index contributed by atoms with van der Waals surface area (Å²) in [5, 5.41) is 18.7. The van der Waals surface area contributed by atoms with Gasteiger partial charge in [-0.1, -0.05) is 224 Å². The highest BCUT2D eigenvalue weighted by Gasteiger charge is 2.52. The van der Waals surface area contributed by atoms with Gasteiger partial charge in [0.05, 0.1) is 5.41 Å². The van der Waals surface area contributed by atoms with Gasteiger partial charge in [-0.15, -0.1) is 0 Å². The van der Waals surface area contributed by atoms with Crippen molar-refractivity contribution in [1.29, 1.82) is 0 Å². The van der Waals surface area contributed by atoms with E-state index in [0.717, 1.165) is 0 Å². The van der Waals surface area contributed by atoms with E-state index in [9.17, 15) is 0 Å². The van der Waals surface area contributed by atoms with Crippen molar-refractivity contribution in [2.75, 3.05) is 0 Å². The molecule has 1 spiro atoms. The van der Waals surface area contributed by atoms with Crippen molar-refractivity contribution < 1.29 is 0 Å². The lowest BCUT2D eigenvalue weighted by atomic mass is 9.69. The topological polar surface area (TPSA) is 0 Å². The Balaban J connectivity index is 1.00. The molecule has 0 radical (unpaired) electrons. The van der Waals surface area contributed by atoms with Gasteiger partial charge in [-0.3, -0.25) is 0 Å². The zero-order valence-corrected chi connectivity index (χ0v) is 40.0. The van der Waals surface area contributed by atoms with Crippen LogP contribution in [0.25, 0.3) is 120 Å². The van der Waals surface area contributed by atoms with Crippen molar-refractivity contribution >= 4 is 75.4 Å². The molecule has 0 amide bonds. The normalized spacial score (nSPS) is 14.1. The van der Waals surface area contributed by atoms with Crippen molar-refractivity contribution in [3.8, 4) is 44.5 Å². The Kier molecular flexibility index (Phi) is 7.53. The van der Waals surface area contributed by atoms with Gasteiger partial charge in [0.2, 0.25) is 0 Å². The number of hydrogen-bond acceptors (Lipinski definition) is 0. The molecule has 13 aromatic carbocycles. The van der Waals surface area contributed by atoms with E-state index in [-0.39, 0.29) is 10.8 Å². The largest absolute Gasteiger partial charge is 0.0731 e. The van der Waals surface area contributed by atoms with E-state index in [2.05, 4.69) is 236 Å². The SMILES string of the molecule is CC(C)(C)c1ccc2ccc3c(-c4ccc5c(c4)C4(c6ccccc6-c6ccccc64)c4c-5ccc5c(-c6ccc7cc(C(C)(C)C)c8cccc9ccc6c7c98)cccc45)ccc4ccc1c2c43. The monoisotopic (exact) mass is 878 g/mol. The first kappa shape index (κ1) is 39.2. The summed E-state index contributed by atoms with van der Waals surface area (Å²) >= 11 is 0. The van der Waals surface area contributed by atoms with E-state index in [1.54, 1.807) is 0 Å². The minimum atomic E-state index is -0.524. The van der Waals surface area contributed by atoms with E-state index in [0.29, 0.717) is 0 Å². The Labute approximate surface area is 403 Å². The third-order valence-electron chi connectivity index (χ3n) is 16.6. The summed E-state index contributed by atoms with van der Waals surface area (Å²) < 4.78 is 0. The highest BCUT2D eigenvalue weighted by Crippen LogP contribution is 2.65. The Bertz CT molecular complexity index is 4330. The van der Waals surface area contributed by atoms with Crippen LogP contribution in [0.2, 0.25) is 0 Å². The van der Waals surface area contributed by atoms with E-state index >= 15 is 0 Å². The summed E-state index contributed by atoms with van der Waals surface area (Å²) in [7, 11) is 0. The van der Waals surface area contributed by atoms with Crippen molar-refractivity contribution in [3.63, 3.8) is 0 Å². The van der Waals surface area contributed by atoms with Crippen molar-refractivity contribution in [1.82, 2.24) is 0 Å². The van der Waals surface area contributed by atoms with E-state index in [1.165, 1.54) is 153 Å². The summed E-state index contributed by atoms with van der Waals surface area (Å²) in [5.74, 6) is 0. The molecule has 326 valence electrons. The molecule has 13 aromatic rings. The molecular formula is C69H50. The van der Waals surface area contributed by atoms with Crippen LogP contribution in [0.3, 0.4) is 0 Å². The quantitative estimate of drug-likeness (QED) is 0.152. The molecule has 0 unspecified atom stereocenters. The van der Waals surface area contributed by atoms with Gasteiger partial charge >= 0.3 is 0 Å². The summed E-state index contributed by atoms with van der Waals surface area (Å²) in [4.78, 5) is 0. The number of hydrogen-bond donors (Lipinski definition) is 0. The predicted molar refractivity (Wildman–Crippen MR) is 296 cm³/mol. The van der Waals surface area contributed by atoms with E-state index in [4.69, 9.17) is 0 Å². The molecule has 0 aliphatic heterocycles. The number of rotatable bonds is 2. The first-order chi connectivity index (χ1) is 33.5. The van der Waals surface area contributed by atoms with Crippen LogP contribution in [0, 0.1) is 0 Å². The maximum Gasteiger partial charge on any atom is 0.0731 e. The number of fused-ring (bicyclic) bond motifs is 12. The molecule has 0 aromatic heterocycles. The zero-order chi connectivity index (χ0) is 46.3. The van der Waals surface area contributed by atoms with Crippen LogP contribution in [0.1, 0.15) is 74.9 Å². The van der Waals surface area contributed by atoms with Crippen molar-refractivity contribution in [2.45, 2.75) is 57.8 Å². The first-order valence-corrected chi connectivity index (χ1v) is 24.8. The van der Waals surface area contributed by atoms with Crippen LogP contribution in [0.5, 0.6) is 0 Å².